The molecule has 3 heteroatoms. The summed E-state index contributed by atoms with van der Waals surface area (Å²) in [5.74, 6) is -0.402. The number of hydrogen-bond acceptors (Lipinski definition) is 2. The molecule has 1 aromatic carbocycles. The number of rotatable bonds is 2. The van der Waals surface area contributed by atoms with Crippen molar-refractivity contribution < 1.29 is 9.90 Å². The van der Waals surface area contributed by atoms with Gasteiger partial charge in [-0.05, 0) is 17.9 Å². The van der Waals surface area contributed by atoms with Crippen LogP contribution in [0.3, 0.4) is 0 Å². The fourth-order valence-electron chi connectivity index (χ4n) is 1.90. The maximum atomic E-state index is 10.7. The largest absolute Gasteiger partial charge is 0.480 e. The summed E-state index contributed by atoms with van der Waals surface area (Å²) >= 11 is 0. The minimum Gasteiger partial charge on any atom is -0.480 e. The average Bonchev–Trinajstić information content (AvgIpc) is 2.68. The molecule has 1 aromatic rings. The van der Waals surface area contributed by atoms with Crippen molar-refractivity contribution in [2.75, 3.05) is 6.54 Å². The first kappa shape index (κ1) is 9.21. The molecule has 0 aromatic heterocycles. The fourth-order valence-corrected chi connectivity index (χ4v) is 1.90. The molecule has 0 spiro atoms. The van der Waals surface area contributed by atoms with E-state index in [0.29, 0.717) is 12.3 Å². The number of carbonyl (C=O) groups is 1. The molecule has 0 aliphatic carbocycles. The molecule has 3 nitrogen and oxygen atoms in total. The second-order valence-electron chi connectivity index (χ2n) is 3.64. The molecular formula is C11H13NO2. The third kappa shape index (κ3) is 1.77. The zero-order chi connectivity index (χ0) is 9.97. The van der Waals surface area contributed by atoms with Crippen LogP contribution in [0.4, 0.5) is 0 Å². The van der Waals surface area contributed by atoms with E-state index in [1.165, 1.54) is 5.56 Å². The Hall–Kier alpha value is -1.35. The number of benzene rings is 1. The van der Waals surface area contributed by atoms with E-state index >= 15 is 0 Å². The summed E-state index contributed by atoms with van der Waals surface area (Å²) in [5, 5.41) is 11.8. The van der Waals surface area contributed by atoms with Crippen molar-refractivity contribution in [3.63, 3.8) is 0 Å². The van der Waals surface area contributed by atoms with E-state index in [9.17, 15) is 4.79 Å². The highest BCUT2D eigenvalue weighted by Crippen LogP contribution is 2.25. The van der Waals surface area contributed by atoms with E-state index in [-0.39, 0.29) is 6.04 Å². The van der Waals surface area contributed by atoms with Gasteiger partial charge in [0, 0.05) is 6.54 Å². The van der Waals surface area contributed by atoms with Crippen molar-refractivity contribution >= 4 is 5.97 Å². The standard InChI is InChI=1S/C11H13NO2/c13-11(14)10-6-9(7-12-10)8-4-2-1-3-5-8/h1-5,9-10,12H,6-7H2,(H,13,14)/t9-,10-/m1/s1. The summed E-state index contributed by atoms with van der Waals surface area (Å²) in [6, 6.07) is 9.68. The van der Waals surface area contributed by atoms with E-state index in [1.807, 2.05) is 18.2 Å². The molecule has 2 rings (SSSR count). The van der Waals surface area contributed by atoms with Gasteiger partial charge in [-0.3, -0.25) is 4.79 Å². The summed E-state index contributed by atoms with van der Waals surface area (Å²) in [4.78, 5) is 10.7. The summed E-state index contributed by atoms with van der Waals surface area (Å²) in [7, 11) is 0. The molecule has 0 unspecified atom stereocenters. The molecule has 1 fully saturated rings. The molecule has 74 valence electrons. The Morgan fingerprint density at radius 1 is 1.36 bits per heavy atom. The van der Waals surface area contributed by atoms with Gasteiger partial charge in [0.1, 0.15) is 6.04 Å². The van der Waals surface area contributed by atoms with Gasteiger partial charge in [0.15, 0.2) is 0 Å². The normalized spacial score (nSPS) is 26.3. The van der Waals surface area contributed by atoms with E-state index in [4.69, 9.17) is 5.11 Å². The number of nitrogens with one attached hydrogen (secondary N) is 1. The van der Waals surface area contributed by atoms with Gasteiger partial charge < -0.3 is 10.4 Å². The molecule has 1 saturated heterocycles. The van der Waals surface area contributed by atoms with Crippen LogP contribution in [0.15, 0.2) is 30.3 Å². The Morgan fingerprint density at radius 3 is 2.64 bits per heavy atom. The predicted molar refractivity (Wildman–Crippen MR) is 53.2 cm³/mol. The highest BCUT2D eigenvalue weighted by molar-refractivity contribution is 5.74. The molecule has 0 bridgehead atoms. The maximum Gasteiger partial charge on any atom is 0.320 e. The first-order valence-corrected chi connectivity index (χ1v) is 4.78. The Bertz CT molecular complexity index is 323. The lowest BCUT2D eigenvalue weighted by Crippen LogP contribution is -2.29. The van der Waals surface area contributed by atoms with Crippen LogP contribution >= 0.6 is 0 Å². The maximum absolute atomic E-state index is 10.7. The van der Waals surface area contributed by atoms with E-state index < -0.39 is 5.97 Å². The highest BCUT2D eigenvalue weighted by Gasteiger charge is 2.29. The third-order valence-electron chi connectivity index (χ3n) is 2.70. The summed E-state index contributed by atoms with van der Waals surface area (Å²) in [5.41, 5.74) is 1.23. The SMILES string of the molecule is O=C(O)[C@H]1C[C@@H](c2ccccc2)CN1. The van der Waals surface area contributed by atoms with E-state index in [2.05, 4.69) is 17.4 Å². The monoisotopic (exact) mass is 191 g/mol. The Kier molecular flexibility index (Phi) is 2.50. The Balaban J connectivity index is 2.06. The van der Waals surface area contributed by atoms with Crippen LogP contribution in [0.5, 0.6) is 0 Å². The van der Waals surface area contributed by atoms with Crippen LogP contribution in [0.25, 0.3) is 0 Å². The lowest BCUT2D eigenvalue weighted by Gasteiger charge is -2.07. The Morgan fingerprint density at radius 2 is 2.07 bits per heavy atom. The molecular weight excluding hydrogens is 178 g/mol. The molecule has 0 amide bonds. The molecule has 1 aliphatic rings. The van der Waals surface area contributed by atoms with E-state index in [1.54, 1.807) is 0 Å². The van der Waals surface area contributed by atoms with Gasteiger partial charge in [-0.1, -0.05) is 30.3 Å². The van der Waals surface area contributed by atoms with Crippen LogP contribution in [-0.2, 0) is 4.79 Å². The lowest BCUT2D eigenvalue weighted by molar-refractivity contribution is -0.139. The number of carboxylic acids is 1. The summed E-state index contributed by atoms with van der Waals surface area (Å²) in [6.45, 7) is 0.765. The highest BCUT2D eigenvalue weighted by atomic mass is 16.4. The molecule has 0 saturated carbocycles. The summed E-state index contributed by atoms with van der Waals surface area (Å²) < 4.78 is 0. The zero-order valence-corrected chi connectivity index (χ0v) is 7.81. The van der Waals surface area contributed by atoms with Crippen molar-refractivity contribution in [1.29, 1.82) is 0 Å². The van der Waals surface area contributed by atoms with Gasteiger partial charge in [0.05, 0.1) is 0 Å². The second-order valence-corrected chi connectivity index (χ2v) is 3.64. The number of aliphatic carboxylic acids is 1. The fraction of sp³-hybridized carbons (Fsp3) is 0.364. The quantitative estimate of drug-likeness (QED) is 0.738. The van der Waals surface area contributed by atoms with Crippen LogP contribution in [0, 0.1) is 0 Å². The van der Waals surface area contributed by atoms with Crippen LogP contribution in [0.2, 0.25) is 0 Å². The molecule has 2 N–H and O–H groups in total. The van der Waals surface area contributed by atoms with Crippen LogP contribution < -0.4 is 5.32 Å². The molecule has 0 radical (unpaired) electrons. The van der Waals surface area contributed by atoms with Gasteiger partial charge in [-0.2, -0.15) is 0 Å². The number of hydrogen-bond donors (Lipinski definition) is 2. The third-order valence-corrected chi connectivity index (χ3v) is 2.70. The smallest absolute Gasteiger partial charge is 0.320 e. The second kappa shape index (κ2) is 3.80. The molecule has 1 aliphatic heterocycles. The molecule has 2 atom stereocenters. The van der Waals surface area contributed by atoms with Crippen molar-refractivity contribution in [2.24, 2.45) is 0 Å². The zero-order valence-electron chi connectivity index (χ0n) is 7.81. The lowest BCUT2D eigenvalue weighted by atomic mass is 9.96. The van der Waals surface area contributed by atoms with Crippen molar-refractivity contribution in [2.45, 2.75) is 18.4 Å². The van der Waals surface area contributed by atoms with Crippen molar-refractivity contribution in [3.05, 3.63) is 35.9 Å². The predicted octanol–water partition coefficient (Wildman–Crippen LogP) is 1.22. The topological polar surface area (TPSA) is 49.3 Å². The van der Waals surface area contributed by atoms with Gasteiger partial charge in [-0.15, -0.1) is 0 Å². The average molecular weight is 191 g/mol. The van der Waals surface area contributed by atoms with Crippen LogP contribution in [-0.4, -0.2) is 23.7 Å². The molecule has 14 heavy (non-hydrogen) atoms. The van der Waals surface area contributed by atoms with Crippen LogP contribution in [0.1, 0.15) is 17.9 Å². The first-order chi connectivity index (χ1) is 6.77. The van der Waals surface area contributed by atoms with Crippen molar-refractivity contribution in [1.82, 2.24) is 5.32 Å². The van der Waals surface area contributed by atoms with Gasteiger partial charge in [-0.25, -0.2) is 0 Å². The summed E-state index contributed by atoms with van der Waals surface area (Å²) in [6.07, 6.45) is 0.694. The van der Waals surface area contributed by atoms with Crippen molar-refractivity contribution in [3.8, 4) is 0 Å². The molecule has 1 heterocycles. The minimum absolute atomic E-state index is 0.345. The van der Waals surface area contributed by atoms with Gasteiger partial charge >= 0.3 is 5.97 Å². The Labute approximate surface area is 82.8 Å². The van der Waals surface area contributed by atoms with E-state index in [0.717, 1.165) is 6.54 Å². The van der Waals surface area contributed by atoms with Gasteiger partial charge in [0.25, 0.3) is 0 Å². The number of carboxylic acid groups (broad SMARTS) is 1. The minimum atomic E-state index is -0.747. The first-order valence-electron chi connectivity index (χ1n) is 4.78. The van der Waals surface area contributed by atoms with Gasteiger partial charge in [0.2, 0.25) is 0 Å².